The van der Waals surface area contributed by atoms with Crippen LogP contribution < -0.4 is 0 Å². The monoisotopic (exact) mass is 988 g/mol. The van der Waals surface area contributed by atoms with E-state index in [-0.39, 0.29) is 0 Å². The Bertz CT molecular complexity index is 3900. The van der Waals surface area contributed by atoms with Crippen molar-refractivity contribution >= 4 is 127 Å². The Morgan fingerprint density at radius 2 is 0.597 bits per heavy atom. The molecule has 0 aliphatic heterocycles. The molecule has 0 aliphatic rings. The van der Waals surface area contributed by atoms with Gasteiger partial charge in [-0.2, -0.15) is 0 Å². The topological polar surface area (TPSA) is 13.1 Å². The largest absolute Gasteiger partial charge is 0.456 e. The molecule has 0 saturated heterocycles. The molecular weight excluding hydrogens is 929 g/mol. The van der Waals surface area contributed by atoms with Crippen molar-refractivity contribution in [3.8, 4) is 0 Å². The summed E-state index contributed by atoms with van der Waals surface area (Å²) in [5.74, 6) is 0. The summed E-state index contributed by atoms with van der Waals surface area (Å²) in [4.78, 5) is 0. The standard InChI is InChI=1S/C14H12O.3C14H12S.C12H12/c2*1-9-3-5-13-11(7-9)12-8-10(2)4-6-14(12)15-13;1-9-3-5-11-12-6-4-10(2)8-14(12)15-13(11)7-9;1-9-5-3-7-11-12-8-4-6-10(2)14(12)15-13(9)11;1-9-7-8-10(2)12-6-4-3-5-11(9)12/h4*3-8H,1-2H3;3-8H,1-2H3. The number of aryl methyl sites for hydroxylation is 10. The van der Waals surface area contributed by atoms with Crippen LogP contribution in [0.15, 0.2) is 186 Å². The fourth-order valence-corrected chi connectivity index (χ4v) is 13.3. The molecule has 0 atom stereocenters. The first kappa shape index (κ1) is 48.5. The van der Waals surface area contributed by atoms with E-state index < -0.39 is 0 Å². The van der Waals surface area contributed by atoms with Crippen LogP contribution in [-0.4, -0.2) is 0 Å². The Hall–Kier alpha value is -7.08. The SMILES string of the molecule is Cc1ccc(C)c2ccccc12.Cc1ccc2c(c1)sc1cc(C)ccc12.Cc1ccc2oc3ccc(C)cc3c2c1.Cc1ccc2sc3ccc(C)cc3c2c1.Cc1cccc2c1sc1c(C)cccc12. The van der Waals surface area contributed by atoms with Gasteiger partial charge in [-0.05, 0) is 174 Å². The fourth-order valence-electron chi connectivity index (χ4n) is 9.70. The molecule has 4 aromatic heterocycles. The summed E-state index contributed by atoms with van der Waals surface area (Å²) in [5.41, 5.74) is 15.3. The van der Waals surface area contributed by atoms with Gasteiger partial charge in [-0.15, -0.1) is 34.0 Å². The van der Waals surface area contributed by atoms with E-state index in [2.05, 4.69) is 239 Å². The molecule has 0 saturated carbocycles. The Kier molecular flexibility index (Phi) is 13.9. The highest BCUT2D eigenvalue weighted by atomic mass is 32.1. The smallest absolute Gasteiger partial charge is 0.135 e. The van der Waals surface area contributed by atoms with Crippen molar-refractivity contribution in [3.63, 3.8) is 0 Å². The minimum absolute atomic E-state index is 0.973. The van der Waals surface area contributed by atoms with E-state index in [0.717, 1.165) is 11.2 Å². The molecule has 4 heterocycles. The van der Waals surface area contributed by atoms with Crippen LogP contribution >= 0.6 is 34.0 Å². The molecule has 10 aromatic carbocycles. The molecule has 1 nitrogen and oxygen atoms in total. The zero-order chi connectivity index (χ0) is 50.2. The Morgan fingerprint density at radius 1 is 0.236 bits per heavy atom. The van der Waals surface area contributed by atoms with Crippen LogP contribution in [0.4, 0.5) is 0 Å². The quantitative estimate of drug-likeness (QED) is 0.148. The number of hydrogen-bond acceptors (Lipinski definition) is 4. The average molecular weight is 989 g/mol. The van der Waals surface area contributed by atoms with Crippen LogP contribution in [0.1, 0.15) is 55.6 Å². The predicted molar refractivity (Wildman–Crippen MR) is 323 cm³/mol. The van der Waals surface area contributed by atoms with Crippen LogP contribution in [0.5, 0.6) is 0 Å². The van der Waals surface area contributed by atoms with E-state index in [1.54, 1.807) is 0 Å². The molecule has 0 fully saturated rings. The van der Waals surface area contributed by atoms with Gasteiger partial charge in [-0.25, -0.2) is 0 Å². The van der Waals surface area contributed by atoms with Crippen LogP contribution in [0, 0.1) is 69.2 Å². The van der Waals surface area contributed by atoms with Gasteiger partial charge >= 0.3 is 0 Å². The maximum Gasteiger partial charge on any atom is 0.135 e. The normalized spacial score (nSPS) is 11.2. The molecule has 356 valence electrons. The summed E-state index contributed by atoms with van der Waals surface area (Å²) in [6.45, 7) is 21.5. The Morgan fingerprint density at radius 3 is 1.04 bits per heavy atom. The summed E-state index contributed by atoms with van der Waals surface area (Å²) < 4.78 is 14.2. The molecule has 0 radical (unpaired) electrons. The second-order valence-electron chi connectivity index (χ2n) is 19.6. The van der Waals surface area contributed by atoms with Gasteiger partial charge in [0.05, 0.1) is 0 Å². The van der Waals surface area contributed by atoms with Crippen molar-refractivity contribution in [1.29, 1.82) is 0 Å². The maximum absolute atomic E-state index is 5.76. The van der Waals surface area contributed by atoms with E-state index in [9.17, 15) is 0 Å². The number of fused-ring (bicyclic) bond motifs is 13. The van der Waals surface area contributed by atoms with Gasteiger partial charge in [0.1, 0.15) is 11.2 Å². The summed E-state index contributed by atoms with van der Waals surface area (Å²) in [5, 5.41) is 13.6. The van der Waals surface area contributed by atoms with Gasteiger partial charge in [0.15, 0.2) is 0 Å². The maximum atomic E-state index is 5.76. The van der Waals surface area contributed by atoms with Gasteiger partial charge in [-0.3, -0.25) is 0 Å². The molecule has 4 heteroatoms. The minimum atomic E-state index is 0.973. The van der Waals surface area contributed by atoms with Crippen molar-refractivity contribution in [3.05, 3.63) is 238 Å². The minimum Gasteiger partial charge on any atom is -0.456 e. The first-order valence-electron chi connectivity index (χ1n) is 24.8. The van der Waals surface area contributed by atoms with Crippen LogP contribution in [-0.2, 0) is 0 Å². The van der Waals surface area contributed by atoms with E-state index in [0.29, 0.717) is 0 Å². The van der Waals surface area contributed by atoms with Gasteiger partial charge in [-0.1, -0.05) is 144 Å². The molecular formula is C68H60OS3. The molecule has 0 unspecified atom stereocenters. The Labute approximate surface area is 435 Å². The molecule has 0 spiro atoms. The average Bonchev–Trinajstić information content (AvgIpc) is 4.14. The van der Waals surface area contributed by atoms with E-state index in [1.165, 1.54) is 138 Å². The van der Waals surface area contributed by atoms with E-state index in [4.69, 9.17) is 4.42 Å². The predicted octanol–water partition coefficient (Wildman–Crippen LogP) is 21.7. The lowest BCUT2D eigenvalue weighted by Gasteiger charge is -2.03. The van der Waals surface area contributed by atoms with Gasteiger partial charge in [0.25, 0.3) is 0 Å². The third kappa shape index (κ3) is 10.1. The molecule has 14 aromatic rings. The van der Waals surface area contributed by atoms with Gasteiger partial charge in [0, 0.05) is 71.3 Å². The van der Waals surface area contributed by atoms with Crippen molar-refractivity contribution in [1.82, 2.24) is 0 Å². The molecule has 0 aliphatic carbocycles. The number of furan rings is 1. The lowest BCUT2D eigenvalue weighted by molar-refractivity contribution is 0.669. The number of rotatable bonds is 0. The highest BCUT2D eigenvalue weighted by Crippen LogP contribution is 2.38. The van der Waals surface area contributed by atoms with Crippen molar-refractivity contribution in [2.45, 2.75) is 69.2 Å². The van der Waals surface area contributed by atoms with Gasteiger partial charge in [0.2, 0.25) is 0 Å². The van der Waals surface area contributed by atoms with E-state index in [1.807, 2.05) is 46.1 Å². The van der Waals surface area contributed by atoms with Crippen LogP contribution in [0.25, 0.3) is 93.2 Å². The molecule has 14 rings (SSSR count). The summed E-state index contributed by atoms with van der Waals surface area (Å²) in [6, 6.07) is 65.4. The number of thiophene rings is 3. The van der Waals surface area contributed by atoms with Crippen molar-refractivity contribution in [2.75, 3.05) is 0 Å². The van der Waals surface area contributed by atoms with Crippen molar-refractivity contribution in [2.24, 2.45) is 0 Å². The lowest BCUT2D eigenvalue weighted by Crippen LogP contribution is -1.80. The fraction of sp³-hybridized carbons (Fsp3) is 0.147. The third-order valence-electron chi connectivity index (χ3n) is 13.6. The molecule has 0 bridgehead atoms. The van der Waals surface area contributed by atoms with Crippen LogP contribution in [0.2, 0.25) is 0 Å². The second kappa shape index (κ2) is 20.6. The molecule has 72 heavy (non-hydrogen) atoms. The van der Waals surface area contributed by atoms with Crippen molar-refractivity contribution < 1.29 is 4.42 Å². The summed E-state index contributed by atoms with van der Waals surface area (Å²) in [6.07, 6.45) is 0. The van der Waals surface area contributed by atoms with Crippen LogP contribution in [0.3, 0.4) is 0 Å². The zero-order valence-electron chi connectivity index (χ0n) is 43.0. The van der Waals surface area contributed by atoms with Gasteiger partial charge < -0.3 is 4.42 Å². The third-order valence-corrected chi connectivity index (χ3v) is 17.4. The molecule has 0 amide bonds. The Balaban J connectivity index is 0.000000104. The highest BCUT2D eigenvalue weighted by molar-refractivity contribution is 7.26. The number of hydrogen-bond donors (Lipinski definition) is 0. The molecule has 0 N–H and O–H groups in total. The highest BCUT2D eigenvalue weighted by Gasteiger charge is 2.10. The zero-order valence-corrected chi connectivity index (χ0v) is 45.4. The first-order valence-corrected chi connectivity index (χ1v) is 27.2. The summed E-state index contributed by atoms with van der Waals surface area (Å²) >= 11 is 5.68. The first-order chi connectivity index (χ1) is 34.8. The van der Waals surface area contributed by atoms with E-state index >= 15 is 0 Å². The summed E-state index contributed by atoms with van der Waals surface area (Å²) in [7, 11) is 0. The second-order valence-corrected chi connectivity index (χ2v) is 22.7. The lowest BCUT2D eigenvalue weighted by atomic mass is 10.0. The number of benzene rings is 10.